The third-order valence-electron chi connectivity index (χ3n) is 8.74. The van der Waals surface area contributed by atoms with Gasteiger partial charge in [0.2, 0.25) is 0 Å². The number of benzene rings is 2. The Morgan fingerprint density at radius 2 is 1.79 bits per heavy atom. The number of anilines is 1. The van der Waals surface area contributed by atoms with Crippen LogP contribution in [0.2, 0.25) is 18.1 Å². The molecule has 3 rings (SSSR count). The molecule has 2 aromatic rings. The molecule has 0 aromatic heterocycles. The van der Waals surface area contributed by atoms with Gasteiger partial charge in [-0.25, -0.2) is 4.79 Å². The van der Waals surface area contributed by atoms with Gasteiger partial charge < -0.3 is 15.3 Å². The van der Waals surface area contributed by atoms with Crippen LogP contribution in [0.15, 0.2) is 48.5 Å². The Hall–Kier alpha value is -2.91. The van der Waals surface area contributed by atoms with Crippen LogP contribution in [0.5, 0.6) is 0 Å². The highest BCUT2D eigenvalue weighted by atomic mass is 28.4. The number of nitrogen functional groups attached to an aromatic ring is 1. The fourth-order valence-corrected chi connectivity index (χ4v) is 6.72. The van der Waals surface area contributed by atoms with E-state index in [2.05, 4.69) is 33.9 Å². The van der Waals surface area contributed by atoms with Gasteiger partial charge in [0.1, 0.15) is 5.69 Å². The lowest BCUT2D eigenvalue weighted by Gasteiger charge is -2.50. The number of hydrogen-bond acceptors (Lipinski definition) is 5. The Morgan fingerprint density at radius 3 is 2.29 bits per heavy atom. The average Bonchev–Trinajstić information content (AvgIpc) is 3.19. The molecule has 8 nitrogen and oxygen atoms in total. The van der Waals surface area contributed by atoms with E-state index in [1.54, 1.807) is 11.0 Å². The van der Waals surface area contributed by atoms with Crippen molar-refractivity contribution in [1.29, 1.82) is 0 Å². The van der Waals surface area contributed by atoms with Crippen LogP contribution in [-0.4, -0.2) is 40.9 Å². The Kier molecular flexibility index (Phi) is 8.06. The summed E-state index contributed by atoms with van der Waals surface area (Å²) in [6, 6.07) is 14.3. The Balaban J connectivity index is 2.15. The van der Waals surface area contributed by atoms with Crippen molar-refractivity contribution in [2.45, 2.75) is 96.6 Å². The van der Waals surface area contributed by atoms with Crippen LogP contribution in [-0.2, 0) is 10.8 Å². The van der Waals surface area contributed by atoms with Gasteiger partial charge in [-0.2, -0.15) is 0 Å². The van der Waals surface area contributed by atoms with Crippen molar-refractivity contribution in [3.63, 3.8) is 0 Å². The van der Waals surface area contributed by atoms with Crippen LogP contribution in [0, 0.1) is 15.5 Å². The summed E-state index contributed by atoms with van der Waals surface area (Å²) in [6.45, 7) is 17.0. The van der Waals surface area contributed by atoms with E-state index in [1.807, 2.05) is 51.1 Å². The number of hydrogen-bond donors (Lipinski definition) is 2. The van der Waals surface area contributed by atoms with Gasteiger partial charge in [0.05, 0.1) is 22.6 Å². The Morgan fingerprint density at radius 1 is 1.18 bits per heavy atom. The lowest BCUT2D eigenvalue weighted by atomic mass is 9.68. The fraction of sp³-hybridized carbons (Fsp3) is 0.552. The summed E-state index contributed by atoms with van der Waals surface area (Å²) < 4.78 is 7.00. The number of likely N-dealkylation sites (tertiary alicyclic amines) is 1. The first kappa shape index (κ1) is 29.6. The summed E-state index contributed by atoms with van der Waals surface area (Å²) in [6.07, 6.45) is 0.123. The molecule has 0 unspecified atom stereocenters. The van der Waals surface area contributed by atoms with Crippen molar-refractivity contribution in [2.75, 3.05) is 5.73 Å². The largest absolute Gasteiger partial charge is 0.465 e. The molecule has 9 heteroatoms. The van der Waals surface area contributed by atoms with Gasteiger partial charge in [-0.1, -0.05) is 77.9 Å². The quantitative estimate of drug-likeness (QED) is 0.163. The van der Waals surface area contributed by atoms with E-state index in [4.69, 9.17) is 10.2 Å². The van der Waals surface area contributed by atoms with Crippen molar-refractivity contribution >= 4 is 25.8 Å². The van der Waals surface area contributed by atoms with Crippen LogP contribution in [0.3, 0.4) is 0 Å². The van der Waals surface area contributed by atoms with E-state index in [9.17, 15) is 20.0 Å². The molecular formula is C29H43N3O5Si. The molecule has 208 valence electrons. The minimum absolute atomic E-state index is 0.0588. The van der Waals surface area contributed by atoms with E-state index >= 15 is 0 Å². The van der Waals surface area contributed by atoms with Crippen molar-refractivity contribution in [3.05, 3.63) is 69.8 Å². The molecule has 3 atom stereocenters. The normalized spacial score (nSPS) is 21.4. The maximum Gasteiger partial charge on any atom is 0.408 e. The van der Waals surface area contributed by atoms with Crippen molar-refractivity contribution in [3.8, 4) is 0 Å². The minimum atomic E-state index is -2.28. The van der Waals surface area contributed by atoms with Crippen molar-refractivity contribution in [1.82, 2.24) is 4.90 Å². The van der Waals surface area contributed by atoms with Crippen LogP contribution >= 0.6 is 0 Å². The molecule has 2 aromatic carbocycles. The number of amides is 1. The number of rotatable bonds is 7. The number of carbonyl (C=O) groups is 1. The zero-order valence-electron chi connectivity index (χ0n) is 23.9. The first-order chi connectivity index (χ1) is 17.4. The van der Waals surface area contributed by atoms with Crippen LogP contribution in [0.25, 0.3) is 0 Å². The summed E-state index contributed by atoms with van der Waals surface area (Å²) >= 11 is 0. The van der Waals surface area contributed by atoms with E-state index in [1.165, 1.54) is 12.1 Å². The van der Waals surface area contributed by atoms with E-state index < -0.39 is 42.4 Å². The fourth-order valence-electron chi connectivity index (χ4n) is 5.44. The zero-order chi connectivity index (χ0) is 28.7. The van der Waals surface area contributed by atoms with Gasteiger partial charge in [-0.3, -0.25) is 15.0 Å². The molecule has 0 aliphatic carbocycles. The maximum atomic E-state index is 13.1. The lowest BCUT2D eigenvalue weighted by Crippen LogP contribution is -2.60. The van der Waals surface area contributed by atoms with Crippen LogP contribution in [0.1, 0.15) is 71.6 Å². The third kappa shape index (κ3) is 5.59. The second-order valence-electron chi connectivity index (χ2n) is 13.1. The molecule has 1 saturated heterocycles. The number of nitrogens with two attached hydrogens (primary N) is 1. The molecule has 0 bridgehead atoms. The first-order valence-electron chi connectivity index (χ1n) is 13.2. The summed E-state index contributed by atoms with van der Waals surface area (Å²) in [5.41, 5.74) is 6.16. The number of nitro groups is 1. The van der Waals surface area contributed by atoms with Gasteiger partial charge in [0.15, 0.2) is 8.32 Å². The van der Waals surface area contributed by atoms with E-state index in [0.29, 0.717) is 24.8 Å². The van der Waals surface area contributed by atoms with Gasteiger partial charge in [-0.05, 0) is 60.0 Å². The number of carboxylic acid groups (broad SMARTS) is 1. The Labute approximate surface area is 227 Å². The second kappa shape index (κ2) is 10.3. The summed E-state index contributed by atoms with van der Waals surface area (Å²) in [5.74, 6) is 0. The van der Waals surface area contributed by atoms with Gasteiger partial charge in [-0.15, -0.1) is 0 Å². The number of nitrogens with zero attached hydrogens (tertiary/aromatic N) is 2. The predicted octanol–water partition coefficient (Wildman–Crippen LogP) is 7.41. The molecule has 38 heavy (non-hydrogen) atoms. The van der Waals surface area contributed by atoms with Crippen LogP contribution in [0.4, 0.5) is 16.2 Å². The number of nitro benzene ring substituents is 1. The molecule has 1 aliphatic heterocycles. The standard InChI is InChI=1S/C29H43N3O5Si/c1-27(2,3)29(19-20-14-15-22(30)24(18-20)32(35)36)17-16-23(31(29)26(33)34)25(21-12-10-9-11-13-21)37-38(7,8)28(4,5)6/h9-15,18,23,25H,16-17,19,30H2,1-8H3,(H,33,34)/t23-,25-,29+/m1/s1. The van der Waals surface area contributed by atoms with Crippen molar-refractivity contribution < 1.29 is 19.3 Å². The molecule has 1 heterocycles. The molecule has 1 fully saturated rings. The second-order valence-corrected chi connectivity index (χ2v) is 17.8. The van der Waals surface area contributed by atoms with Gasteiger partial charge in [0.25, 0.3) is 5.69 Å². The highest BCUT2D eigenvalue weighted by Gasteiger charge is 2.58. The minimum Gasteiger partial charge on any atom is -0.465 e. The Bertz CT molecular complexity index is 1170. The third-order valence-corrected chi connectivity index (χ3v) is 13.2. The van der Waals surface area contributed by atoms with Crippen LogP contribution < -0.4 is 5.73 Å². The monoisotopic (exact) mass is 541 g/mol. The zero-order valence-corrected chi connectivity index (χ0v) is 24.9. The molecule has 1 amide bonds. The molecule has 0 radical (unpaired) electrons. The summed E-state index contributed by atoms with van der Waals surface area (Å²) in [4.78, 5) is 25.8. The highest BCUT2D eigenvalue weighted by molar-refractivity contribution is 6.74. The maximum absolute atomic E-state index is 13.1. The average molecular weight is 542 g/mol. The topological polar surface area (TPSA) is 119 Å². The molecule has 3 N–H and O–H groups in total. The summed E-state index contributed by atoms with van der Waals surface area (Å²) in [7, 11) is -2.28. The molecular weight excluding hydrogens is 498 g/mol. The van der Waals surface area contributed by atoms with E-state index in [-0.39, 0.29) is 16.4 Å². The lowest BCUT2D eigenvalue weighted by molar-refractivity contribution is -0.384. The summed E-state index contributed by atoms with van der Waals surface area (Å²) in [5, 5.41) is 22.3. The van der Waals surface area contributed by atoms with Gasteiger partial charge in [0, 0.05) is 6.07 Å². The van der Waals surface area contributed by atoms with Crippen molar-refractivity contribution in [2.24, 2.45) is 5.41 Å². The predicted molar refractivity (Wildman–Crippen MR) is 154 cm³/mol. The first-order valence-corrected chi connectivity index (χ1v) is 16.1. The van der Waals surface area contributed by atoms with Gasteiger partial charge >= 0.3 is 6.09 Å². The smallest absolute Gasteiger partial charge is 0.408 e. The molecule has 0 saturated carbocycles. The van der Waals surface area contributed by atoms with E-state index in [0.717, 1.165) is 5.56 Å². The molecule has 0 spiro atoms. The highest BCUT2D eigenvalue weighted by Crippen LogP contribution is 2.52. The SMILES string of the molecule is CC(C)(C)[C@@]1(Cc2ccc(N)c([N+](=O)[O-])c2)CC[C@H]([C@H](O[Si](C)(C)C(C)(C)C)c2ccccc2)N1C(=O)O. The molecule has 1 aliphatic rings.